The summed E-state index contributed by atoms with van der Waals surface area (Å²) in [5, 5.41) is 13.5. The lowest BCUT2D eigenvalue weighted by Gasteiger charge is -2.21. The van der Waals surface area contributed by atoms with E-state index in [1.807, 2.05) is 0 Å². The third kappa shape index (κ3) is 3.06. The van der Waals surface area contributed by atoms with Crippen molar-refractivity contribution in [3.8, 4) is 0 Å². The number of rotatable bonds is 4. The van der Waals surface area contributed by atoms with Gasteiger partial charge in [0.05, 0.1) is 11.3 Å². The Kier molecular flexibility index (Phi) is 4.18. The number of halogens is 1. The van der Waals surface area contributed by atoms with Crippen molar-refractivity contribution in [1.29, 1.82) is 0 Å². The zero-order valence-electron chi connectivity index (χ0n) is 13.1. The molecule has 2 aromatic carbocycles. The van der Waals surface area contributed by atoms with Gasteiger partial charge in [-0.15, -0.1) is 0 Å². The molecule has 0 saturated heterocycles. The quantitative estimate of drug-likeness (QED) is 0.793. The molecular weight excluding hydrogens is 366 g/mol. The number of anilines is 1. The van der Waals surface area contributed by atoms with Gasteiger partial charge in [-0.1, -0.05) is 29.8 Å². The zero-order chi connectivity index (χ0) is 18.4. The molecule has 0 radical (unpaired) electrons. The highest BCUT2D eigenvalue weighted by molar-refractivity contribution is 7.90. The first kappa shape index (κ1) is 17.6. The lowest BCUT2D eigenvalue weighted by Crippen LogP contribution is -2.36. The lowest BCUT2D eigenvalue weighted by atomic mass is 9.88. The Morgan fingerprint density at radius 1 is 1.20 bits per heavy atom. The molecule has 0 aliphatic carbocycles. The summed E-state index contributed by atoms with van der Waals surface area (Å²) in [6.07, 6.45) is 0.558. The summed E-state index contributed by atoms with van der Waals surface area (Å²) < 4.78 is 22.9. The Morgan fingerprint density at radius 3 is 2.44 bits per heavy atom. The number of aliphatic hydroxyl groups is 1. The van der Waals surface area contributed by atoms with Crippen LogP contribution in [0.25, 0.3) is 0 Å². The topological polar surface area (TPSA) is 101 Å². The van der Waals surface area contributed by atoms with Gasteiger partial charge in [0.1, 0.15) is 0 Å². The van der Waals surface area contributed by atoms with Crippen molar-refractivity contribution in [2.45, 2.75) is 16.9 Å². The molecule has 130 valence electrons. The Bertz CT molecular complexity index is 985. The molecule has 1 aliphatic heterocycles. The monoisotopic (exact) mass is 379 g/mol. The fraction of sp³-hybridized carbons (Fsp3) is 0.176. The van der Waals surface area contributed by atoms with E-state index in [-0.39, 0.29) is 21.0 Å². The second-order valence-electron chi connectivity index (χ2n) is 5.87. The third-order valence-electron chi connectivity index (χ3n) is 4.07. The number of hydrogen-bond acceptors (Lipinski definition) is 5. The molecule has 1 amide bonds. The largest absolute Gasteiger partial charge is 0.375 e. The first-order valence-corrected chi connectivity index (χ1v) is 9.56. The minimum atomic E-state index is -3.38. The predicted octanol–water partition coefficient (Wildman–Crippen LogP) is 2.16. The van der Waals surface area contributed by atoms with Crippen LogP contribution in [0.15, 0.2) is 47.4 Å². The maximum absolute atomic E-state index is 12.5. The number of carbonyl (C=O) groups excluding carboxylic acids is 2. The van der Waals surface area contributed by atoms with Crippen molar-refractivity contribution >= 4 is 38.8 Å². The van der Waals surface area contributed by atoms with Crippen LogP contribution in [0.3, 0.4) is 0 Å². The molecule has 0 fully saturated rings. The summed E-state index contributed by atoms with van der Waals surface area (Å²) in [5.74, 6) is -1.23. The molecule has 6 nitrogen and oxygen atoms in total. The molecule has 1 heterocycles. The maximum atomic E-state index is 12.5. The molecule has 2 N–H and O–H groups in total. The van der Waals surface area contributed by atoms with Gasteiger partial charge in [-0.2, -0.15) is 0 Å². The van der Waals surface area contributed by atoms with Gasteiger partial charge in [0.15, 0.2) is 21.2 Å². The van der Waals surface area contributed by atoms with Crippen LogP contribution in [0.5, 0.6) is 0 Å². The molecule has 0 spiro atoms. The summed E-state index contributed by atoms with van der Waals surface area (Å²) >= 11 is 6.09. The van der Waals surface area contributed by atoms with E-state index in [0.717, 1.165) is 6.26 Å². The molecule has 3 rings (SSSR count). The van der Waals surface area contributed by atoms with Crippen molar-refractivity contribution in [3.05, 3.63) is 58.6 Å². The molecule has 8 heteroatoms. The number of nitrogens with one attached hydrogen (secondary N) is 1. The standard InChI is InChI=1S/C17H14ClNO5S/c1-25(23,24)11-7-5-10(6-8-11)14(20)9-17(22)15-12(18)3-2-4-13(15)19-16(17)21/h2-8,22H,9H2,1H3,(H,19,21). The average Bonchev–Trinajstić information content (AvgIpc) is 2.78. The van der Waals surface area contributed by atoms with Gasteiger partial charge in [-0.25, -0.2) is 8.42 Å². The van der Waals surface area contributed by atoms with Gasteiger partial charge >= 0.3 is 0 Å². The van der Waals surface area contributed by atoms with E-state index in [2.05, 4.69) is 5.32 Å². The van der Waals surface area contributed by atoms with Gasteiger partial charge in [-0.3, -0.25) is 9.59 Å². The number of sulfone groups is 1. The number of Topliss-reactive ketones (excluding diaryl/α,β-unsaturated/α-hetero) is 1. The molecular formula is C17H14ClNO5S. The number of carbonyl (C=O) groups is 2. The summed E-state index contributed by atoms with van der Waals surface area (Å²) in [4.78, 5) is 24.8. The maximum Gasteiger partial charge on any atom is 0.261 e. The first-order chi connectivity index (χ1) is 11.6. The van der Waals surface area contributed by atoms with E-state index in [1.165, 1.54) is 30.3 Å². The van der Waals surface area contributed by atoms with Crippen molar-refractivity contribution < 1.29 is 23.1 Å². The lowest BCUT2D eigenvalue weighted by molar-refractivity contribution is -0.133. The zero-order valence-corrected chi connectivity index (χ0v) is 14.7. The summed E-state index contributed by atoms with van der Waals surface area (Å²) in [6, 6.07) is 10.0. The van der Waals surface area contributed by atoms with E-state index in [1.54, 1.807) is 12.1 Å². The smallest absolute Gasteiger partial charge is 0.261 e. The predicted molar refractivity (Wildman–Crippen MR) is 92.5 cm³/mol. The van der Waals surface area contributed by atoms with Crippen LogP contribution in [0.2, 0.25) is 5.02 Å². The third-order valence-corrected chi connectivity index (χ3v) is 5.52. The Balaban J connectivity index is 1.92. The molecule has 1 unspecified atom stereocenters. The van der Waals surface area contributed by atoms with E-state index in [4.69, 9.17) is 11.6 Å². The van der Waals surface area contributed by atoms with Gasteiger partial charge in [0, 0.05) is 28.1 Å². The SMILES string of the molecule is CS(=O)(=O)c1ccc(C(=O)CC2(O)C(=O)Nc3cccc(Cl)c32)cc1. The minimum absolute atomic E-state index is 0.0785. The highest BCUT2D eigenvalue weighted by atomic mass is 35.5. The van der Waals surface area contributed by atoms with Gasteiger partial charge in [-0.05, 0) is 24.3 Å². The molecule has 25 heavy (non-hydrogen) atoms. The van der Waals surface area contributed by atoms with Gasteiger partial charge in [0.2, 0.25) is 0 Å². The van der Waals surface area contributed by atoms with E-state index >= 15 is 0 Å². The van der Waals surface area contributed by atoms with Gasteiger partial charge in [0.25, 0.3) is 5.91 Å². The normalized spacial score (nSPS) is 19.4. The summed E-state index contributed by atoms with van der Waals surface area (Å²) in [6.45, 7) is 0. The number of fused-ring (bicyclic) bond motifs is 1. The molecule has 0 aromatic heterocycles. The second kappa shape index (κ2) is 5.94. The van der Waals surface area contributed by atoms with Crippen LogP contribution in [-0.4, -0.2) is 31.5 Å². The van der Waals surface area contributed by atoms with Crippen LogP contribution < -0.4 is 5.32 Å². The molecule has 1 aliphatic rings. The van der Waals surface area contributed by atoms with Crippen molar-refractivity contribution in [2.24, 2.45) is 0 Å². The van der Waals surface area contributed by atoms with E-state index in [0.29, 0.717) is 5.69 Å². The van der Waals surface area contributed by atoms with Crippen molar-refractivity contribution in [3.63, 3.8) is 0 Å². The number of ketones is 1. The average molecular weight is 380 g/mol. The van der Waals surface area contributed by atoms with Gasteiger partial charge < -0.3 is 10.4 Å². The Labute approximate surface area is 149 Å². The van der Waals surface area contributed by atoms with E-state index < -0.39 is 33.5 Å². The molecule has 2 aromatic rings. The Morgan fingerprint density at radius 2 is 1.84 bits per heavy atom. The number of hydrogen-bond donors (Lipinski definition) is 2. The minimum Gasteiger partial charge on any atom is -0.375 e. The summed E-state index contributed by atoms with van der Waals surface area (Å²) in [7, 11) is -3.38. The van der Waals surface area contributed by atoms with Crippen LogP contribution in [0.1, 0.15) is 22.3 Å². The van der Waals surface area contributed by atoms with Crippen LogP contribution in [0, 0.1) is 0 Å². The van der Waals surface area contributed by atoms with Crippen LogP contribution in [-0.2, 0) is 20.2 Å². The summed E-state index contributed by atoms with van der Waals surface area (Å²) in [5.41, 5.74) is -1.35. The fourth-order valence-electron chi connectivity index (χ4n) is 2.78. The van der Waals surface area contributed by atoms with Crippen molar-refractivity contribution in [1.82, 2.24) is 0 Å². The highest BCUT2D eigenvalue weighted by Crippen LogP contribution is 2.43. The van der Waals surface area contributed by atoms with E-state index in [9.17, 15) is 23.1 Å². The van der Waals surface area contributed by atoms with Crippen LogP contribution in [0.4, 0.5) is 5.69 Å². The number of benzene rings is 2. The second-order valence-corrected chi connectivity index (χ2v) is 8.30. The molecule has 1 atom stereocenters. The molecule has 0 bridgehead atoms. The number of amides is 1. The van der Waals surface area contributed by atoms with Crippen LogP contribution >= 0.6 is 11.6 Å². The highest BCUT2D eigenvalue weighted by Gasteiger charge is 2.48. The fourth-order valence-corrected chi connectivity index (χ4v) is 3.74. The van der Waals surface area contributed by atoms with Crippen molar-refractivity contribution in [2.75, 3.05) is 11.6 Å². The first-order valence-electron chi connectivity index (χ1n) is 7.29. The molecule has 0 saturated carbocycles. The Hall–Kier alpha value is -2.22.